The molecule has 0 aromatic heterocycles. The number of aliphatic hydroxyl groups excluding tert-OH is 1. The molecule has 2 unspecified atom stereocenters. The van der Waals surface area contributed by atoms with Crippen molar-refractivity contribution in [2.45, 2.75) is 59.5 Å². The summed E-state index contributed by atoms with van der Waals surface area (Å²) in [7, 11) is 0. The molecule has 0 saturated carbocycles. The van der Waals surface area contributed by atoms with E-state index in [0.29, 0.717) is 19.1 Å². The van der Waals surface area contributed by atoms with E-state index >= 15 is 0 Å². The molecular formula is C18H30O3. The third-order valence-corrected chi connectivity index (χ3v) is 3.60. The Hall–Kier alpha value is -1.22. The minimum Gasteiger partial charge on any atom is -0.490 e. The largest absolute Gasteiger partial charge is 0.490 e. The summed E-state index contributed by atoms with van der Waals surface area (Å²) in [6, 6.07) is 5.78. The maximum atomic E-state index is 10.3. The predicted octanol–water partition coefficient (Wildman–Crippen LogP) is 4.73. The molecule has 3 nitrogen and oxygen atoms in total. The van der Waals surface area contributed by atoms with Gasteiger partial charge in [0.1, 0.15) is 0 Å². The zero-order valence-corrected chi connectivity index (χ0v) is 13.9. The predicted molar refractivity (Wildman–Crippen MR) is 87.0 cm³/mol. The first-order chi connectivity index (χ1) is 10.1. The van der Waals surface area contributed by atoms with Crippen molar-refractivity contribution in [1.82, 2.24) is 0 Å². The van der Waals surface area contributed by atoms with Gasteiger partial charge in [0.2, 0.25) is 0 Å². The molecule has 0 aliphatic rings. The third kappa shape index (κ3) is 5.96. The van der Waals surface area contributed by atoms with Gasteiger partial charge in [0.25, 0.3) is 0 Å². The van der Waals surface area contributed by atoms with E-state index < -0.39 is 6.10 Å². The van der Waals surface area contributed by atoms with E-state index in [1.165, 1.54) is 0 Å². The molecule has 3 heteroatoms. The molecule has 0 fully saturated rings. The highest BCUT2D eigenvalue weighted by Gasteiger charge is 2.14. The van der Waals surface area contributed by atoms with E-state index in [-0.39, 0.29) is 0 Å². The van der Waals surface area contributed by atoms with Gasteiger partial charge >= 0.3 is 0 Å². The Morgan fingerprint density at radius 1 is 1.00 bits per heavy atom. The lowest BCUT2D eigenvalue weighted by Crippen LogP contribution is -2.06. The van der Waals surface area contributed by atoms with E-state index in [2.05, 4.69) is 27.7 Å². The topological polar surface area (TPSA) is 38.7 Å². The summed E-state index contributed by atoms with van der Waals surface area (Å²) >= 11 is 0. The Kier molecular flexibility index (Phi) is 8.21. The van der Waals surface area contributed by atoms with Crippen molar-refractivity contribution in [3.8, 4) is 11.5 Å². The summed E-state index contributed by atoms with van der Waals surface area (Å²) < 4.78 is 11.5. The molecule has 120 valence electrons. The molecule has 0 bridgehead atoms. The van der Waals surface area contributed by atoms with Gasteiger partial charge < -0.3 is 14.6 Å². The number of rotatable bonds is 10. The molecule has 1 aromatic carbocycles. The van der Waals surface area contributed by atoms with E-state index in [9.17, 15) is 5.11 Å². The first kappa shape index (κ1) is 17.8. The number of hydrogen-bond donors (Lipinski definition) is 1. The highest BCUT2D eigenvalue weighted by molar-refractivity contribution is 5.43. The average molecular weight is 294 g/mol. The van der Waals surface area contributed by atoms with Gasteiger partial charge in [0.15, 0.2) is 11.5 Å². The van der Waals surface area contributed by atoms with Gasteiger partial charge in [0, 0.05) is 0 Å². The molecular weight excluding hydrogens is 264 g/mol. The molecule has 0 heterocycles. The van der Waals surface area contributed by atoms with Crippen LogP contribution in [0, 0.1) is 5.92 Å². The lowest BCUT2D eigenvalue weighted by Gasteiger charge is -2.18. The van der Waals surface area contributed by atoms with Gasteiger partial charge in [-0.25, -0.2) is 0 Å². The van der Waals surface area contributed by atoms with Crippen LogP contribution in [0.4, 0.5) is 0 Å². The number of hydrogen-bond acceptors (Lipinski definition) is 3. The number of ether oxygens (including phenoxy) is 2. The summed E-state index contributed by atoms with van der Waals surface area (Å²) in [4.78, 5) is 0. The Morgan fingerprint density at radius 2 is 1.62 bits per heavy atom. The van der Waals surface area contributed by atoms with Crippen molar-refractivity contribution in [3.63, 3.8) is 0 Å². The minimum absolute atomic E-state index is 0.441. The van der Waals surface area contributed by atoms with Crippen LogP contribution in [0.15, 0.2) is 18.2 Å². The van der Waals surface area contributed by atoms with Crippen LogP contribution in [0.1, 0.15) is 65.0 Å². The van der Waals surface area contributed by atoms with Crippen LogP contribution < -0.4 is 9.47 Å². The molecule has 0 saturated heterocycles. The fourth-order valence-corrected chi connectivity index (χ4v) is 2.07. The van der Waals surface area contributed by atoms with Crippen molar-refractivity contribution in [3.05, 3.63) is 23.8 Å². The van der Waals surface area contributed by atoms with Crippen molar-refractivity contribution < 1.29 is 14.6 Å². The van der Waals surface area contributed by atoms with Gasteiger partial charge in [0.05, 0.1) is 19.3 Å². The first-order valence-electron chi connectivity index (χ1n) is 8.19. The smallest absolute Gasteiger partial charge is 0.161 e. The molecule has 1 aromatic rings. The molecule has 0 aliphatic carbocycles. The van der Waals surface area contributed by atoms with Crippen LogP contribution >= 0.6 is 0 Å². The van der Waals surface area contributed by atoms with Crippen LogP contribution in [0.5, 0.6) is 11.5 Å². The van der Waals surface area contributed by atoms with Crippen molar-refractivity contribution >= 4 is 0 Å². The molecule has 0 aliphatic heterocycles. The summed E-state index contributed by atoms with van der Waals surface area (Å²) in [5.41, 5.74) is 0.908. The molecule has 1 N–H and O–H groups in total. The van der Waals surface area contributed by atoms with E-state index in [0.717, 1.165) is 42.7 Å². The Labute approximate surface area is 129 Å². The van der Waals surface area contributed by atoms with Gasteiger partial charge in [-0.3, -0.25) is 0 Å². The molecule has 1 rings (SSSR count). The maximum Gasteiger partial charge on any atom is 0.161 e. The molecule has 0 spiro atoms. The lowest BCUT2D eigenvalue weighted by atomic mass is 9.96. The van der Waals surface area contributed by atoms with Crippen LogP contribution in [-0.4, -0.2) is 18.3 Å². The fraction of sp³-hybridized carbons (Fsp3) is 0.667. The quantitative estimate of drug-likeness (QED) is 0.677. The zero-order valence-electron chi connectivity index (χ0n) is 13.9. The standard InChI is InChI=1S/C18H30O3/c1-5-10-20-17-9-8-15(13-18(17)21-11-6-2)16(19)12-14(4)7-3/h8-9,13-14,16,19H,5-7,10-12H2,1-4H3. The summed E-state index contributed by atoms with van der Waals surface area (Å²) in [6.07, 6.45) is 3.33. The second-order valence-electron chi connectivity index (χ2n) is 5.67. The van der Waals surface area contributed by atoms with Crippen molar-refractivity contribution in [2.24, 2.45) is 5.92 Å². The minimum atomic E-state index is -0.441. The monoisotopic (exact) mass is 294 g/mol. The molecule has 21 heavy (non-hydrogen) atoms. The SMILES string of the molecule is CCCOc1ccc(C(O)CC(C)CC)cc1OCCC. The van der Waals surface area contributed by atoms with Gasteiger partial charge in [-0.2, -0.15) is 0 Å². The average Bonchev–Trinajstić information content (AvgIpc) is 2.50. The van der Waals surface area contributed by atoms with Crippen molar-refractivity contribution in [2.75, 3.05) is 13.2 Å². The maximum absolute atomic E-state index is 10.3. The second kappa shape index (κ2) is 9.67. The third-order valence-electron chi connectivity index (χ3n) is 3.60. The normalized spacial score (nSPS) is 13.8. The van der Waals surface area contributed by atoms with Gasteiger partial charge in [-0.1, -0.05) is 40.2 Å². The fourth-order valence-electron chi connectivity index (χ4n) is 2.07. The second-order valence-corrected chi connectivity index (χ2v) is 5.67. The summed E-state index contributed by atoms with van der Waals surface area (Å²) in [5, 5.41) is 10.3. The molecule has 0 radical (unpaired) electrons. The van der Waals surface area contributed by atoms with Gasteiger partial charge in [-0.05, 0) is 42.9 Å². The molecule has 0 amide bonds. The van der Waals surface area contributed by atoms with E-state index in [1.54, 1.807) is 0 Å². The zero-order chi connectivity index (χ0) is 15.7. The van der Waals surface area contributed by atoms with Crippen LogP contribution in [0.25, 0.3) is 0 Å². The van der Waals surface area contributed by atoms with Crippen LogP contribution in [0.3, 0.4) is 0 Å². The highest BCUT2D eigenvalue weighted by Crippen LogP contribution is 2.33. The Balaban J connectivity index is 2.86. The van der Waals surface area contributed by atoms with Crippen LogP contribution in [0.2, 0.25) is 0 Å². The van der Waals surface area contributed by atoms with Crippen LogP contribution in [-0.2, 0) is 0 Å². The number of benzene rings is 1. The van der Waals surface area contributed by atoms with E-state index in [1.807, 2.05) is 18.2 Å². The molecule has 2 atom stereocenters. The lowest BCUT2D eigenvalue weighted by molar-refractivity contribution is 0.146. The first-order valence-corrected chi connectivity index (χ1v) is 8.19. The Morgan fingerprint density at radius 3 is 2.19 bits per heavy atom. The highest BCUT2D eigenvalue weighted by atomic mass is 16.5. The number of aliphatic hydroxyl groups is 1. The van der Waals surface area contributed by atoms with Crippen molar-refractivity contribution in [1.29, 1.82) is 0 Å². The summed E-state index contributed by atoms with van der Waals surface area (Å²) in [5.74, 6) is 2.02. The van der Waals surface area contributed by atoms with Gasteiger partial charge in [-0.15, -0.1) is 0 Å². The Bertz CT molecular complexity index is 403. The van der Waals surface area contributed by atoms with E-state index in [4.69, 9.17) is 9.47 Å². The summed E-state index contributed by atoms with van der Waals surface area (Å²) in [6.45, 7) is 9.81.